The Bertz CT molecular complexity index is 3250. The molecule has 0 bridgehead atoms. The highest BCUT2D eigenvalue weighted by molar-refractivity contribution is 6.19. The molecule has 0 saturated heterocycles. The van der Waals surface area contributed by atoms with E-state index in [1.165, 1.54) is 22.1 Å². The van der Waals surface area contributed by atoms with E-state index in [1.54, 1.807) is 0 Å². The molecule has 0 N–H and O–H groups in total. The van der Waals surface area contributed by atoms with Crippen LogP contribution >= 0.6 is 0 Å². The first-order chi connectivity index (χ1) is 27.2. The van der Waals surface area contributed by atoms with E-state index < -0.39 is 0 Å². The topological polar surface area (TPSA) is 51.8 Å². The maximum atomic E-state index is 6.76. The van der Waals surface area contributed by atoms with Crippen LogP contribution in [0.4, 0.5) is 0 Å². The van der Waals surface area contributed by atoms with Crippen LogP contribution in [-0.2, 0) is 0 Å². The number of benzene rings is 9. The lowest BCUT2D eigenvalue weighted by molar-refractivity contribution is 0.673. The van der Waals surface area contributed by atoms with Gasteiger partial charge in [-0.3, -0.25) is 0 Å². The molecule has 55 heavy (non-hydrogen) atoms. The number of hydrogen-bond acceptors (Lipinski definition) is 4. The van der Waals surface area contributed by atoms with Crippen LogP contribution in [0.1, 0.15) is 0 Å². The molecule has 0 saturated carbocycles. The van der Waals surface area contributed by atoms with E-state index in [4.69, 9.17) is 19.4 Å². The van der Waals surface area contributed by atoms with Crippen molar-refractivity contribution in [2.24, 2.45) is 0 Å². The predicted molar refractivity (Wildman–Crippen MR) is 227 cm³/mol. The Morgan fingerprint density at radius 1 is 0.291 bits per heavy atom. The number of aromatic nitrogens is 3. The van der Waals surface area contributed by atoms with Gasteiger partial charge in [0.05, 0.1) is 0 Å². The quantitative estimate of drug-likeness (QED) is 0.179. The average Bonchev–Trinajstić information content (AvgIpc) is 3.64. The summed E-state index contributed by atoms with van der Waals surface area (Å²) in [6.07, 6.45) is 0. The van der Waals surface area contributed by atoms with Crippen molar-refractivity contribution in [1.29, 1.82) is 0 Å². The van der Waals surface area contributed by atoms with Gasteiger partial charge < -0.3 is 4.42 Å². The zero-order valence-corrected chi connectivity index (χ0v) is 29.6. The van der Waals surface area contributed by atoms with Crippen LogP contribution < -0.4 is 0 Å². The standard InChI is InChI=1S/C51H31N3O/c1-2-11-32(12-3-1)34-21-24-36(25-22-34)45-31-46-42-28-27-39(30-47(42)55-48(46)43-19-9-8-18-41(43)45)50-52-49(38-26-23-33-13-4-5-15-37(33)29-38)53-51(54-50)44-20-10-16-35-14-6-7-17-40(35)44/h1-31H. The first-order valence-electron chi connectivity index (χ1n) is 18.5. The van der Waals surface area contributed by atoms with Crippen molar-refractivity contribution in [3.63, 3.8) is 0 Å². The van der Waals surface area contributed by atoms with Crippen molar-refractivity contribution >= 4 is 54.3 Å². The van der Waals surface area contributed by atoms with Gasteiger partial charge in [-0.25, -0.2) is 15.0 Å². The van der Waals surface area contributed by atoms with Crippen molar-refractivity contribution < 1.29 is 4.42 Å². The monoisotopic (exact) mass is 701 g/mol. The molecule has 256 valence electrons. The third kappa shape index (κ3) is 5.34. The molecule has 0 spiro atoms. The summed E-state index contributed by atoms with van der Waals surface area (Å²) < 4.78 is 6.76. The molecular formula is C51H31N3O. The van der Waals surface area contributed by atoms with Gasteiger partial charge in [-0.1, -0.05) is 164 Å². The zero-order valence-electron chi connectivity index (χ0n) is 29.6. The molecule has 0 unspecified atom stereocenters. The van der Waals surface area contributed by atoms with Gasteiger partial charge in [0.1, 0.15) is 11.2 Å². The smallest absolute Gasteiger partial charge is 0.164 e. The number of rotatable bonds is 5. The molecule has 0 amide bonds. The fourth-order valence-corrected chi connectivity index (χ4v) is 7.95. The van der Waals surface area contributed by atoms with Crippen molar-refractivity contribution in [1.82, 2.24) is 15.0 Å². The minimum atomic E-state index is 0.590. The third-order valence-electron chi connectivity index (χ3n) is 10.7. The van der Waals surface area contributed by atoms with E-state index >= 15 is 0 Å². The van der Waals surface area contributed by atoms with Crippen molar-refractivity contribution in [3.8, 4) is 56.4 Å². The van der Waals surface area contributed by atoms with Gasteiger partial charge in [0.15, 0.2) is 17.5 Å². The highest BCUT2D eigenvalue weighted by Gasteiger charge is 2.18. The van der Waals surface area contributed by atoms with E-state index in [0.29, 0.717) is 17.5 Å². The first-order valence-corrected chi connectivity index (χ1v) is 18.5. The third-order valence-corrected chi connectivity index (χ3v) is 10.7. The van der Waals surface area contributed by atoms with Crippen LogP contribution in [0.3, 0.4) is 0 Å². The largest absolute Gasteiger partial charge is 0.455 e. The summed E-state index contributed by atoms with van der Waals surface area (Å²) in [5, 5.41) is 8.89. The van der Waals surface area contributed by atoms with Gasteiger partial charge in [0.2, 0.25) is 0 Å². The summed E-state index contributed by atoms with van der Waals surface area (Å²) in [5.41, 5.74) is 9.15. The van der Waals surface area contributed by atoms with E-state index in [1.807, 2.05) is 0 Å². The molecule has 2 heterocycles. The summed E-state index contributed by atoms with van der Waals surface area (Å²) in [6.45, 7) is 0. The second-order valence-corrected chi connectivity index (χ2v) is 14.0. The maximum Gasteiger partial charge on any atom is 0.164 e. The molecular weight excluding hydrogens is 671 g/mol. The van der Waals surface area contributed by atoms with Crippen molar-refractivity contribution in [3.05, 3.63) is 188 Å². The molecule has 0 aliphatic carbocycles. The van der Waals surface area contributed by atoms with E-state index in [-0.39, 0.29) is 0 Å². The molecule has 4 nitrogen and oxygen atoms in total. The minimum absolute atomic E-state index is 0.590. The predicted octanol–water partition coefficient (Wildman–Crippen LogP) is 13.6. The van der Waals surface area contributed by atoms with Crippen LogP contribution in [0, 0.1) is 0 Å². The zero-order chi connectivity index (χ0) is 36.3. The van der Waals surface area contributed by atoms with Crippen LogP contribution in [-0.4, -0.2) is 15.0 Å². The Hall–Kier alpha value is -7.43. The maximum absolute atomic E-state index is 6.76. The molecule has 0 aliphatic heterocycles. The van der Waals surface area contributed by atoms with E-state index in [9.17, 15) is 0 Å². The molecule has 0 radical (unpaired) electrons. The Kier molecular flexibility index (Phi) is 7.14. The molecule has 0 atom stereocenters. The molecule has 2 aromatic heterocycles. The number of nitrogens with zero attached hydrogens (tertiary/aromatic N) is 3. The molecule has 11 rings (SSSR count). The summed E-state index contributed by atoms with van der Waals surface area (Å²) in [4.78, 5) is 15.4. The van der Waals surface area contributed by atoms with Gasteiger partial charge in [0.25, 0.3) is 0 Å². The van der Waals surface area contributed by atoms with Gasteiger partial charge in [-0.05, 0) is 73.5 Å². The first kappa shape index (κ1) is 31.1. The van der Waals surface area contributed by atoms with E-state index in [0.717, 1.165) is 71.1 Å². The highest BCUT2D eigenvalue weighted by atomic mass is 16.3. The highest BCUT2D eigenvalue weighted by Crippen LogP contribution is 2.41. The van der Waals surface area contributed by atoms with Gasteiger partial charge in [-0.2, -0.15) is 0 Å². The van der Waals surface area contributed by atoms with Crippen LogP contribution in [0.15, 0.2) is 192 Å². The second-order valence-electron chi connectivity index (χ2n) is 14.0. The van der Waals surface area contributed by atoms with Crippen LogP contribution in [0.5, 0.6) is 0 Å². The average molecular weight is 702 g/mol. The molecule has 4 heteroatoms. The molecule has 0 aliphatic rings. The second kappa shape index (κ2) is 12.6. The molecule has 9 aromatic carbocycles. The van der Waals surface area contributed by atoms with Crippen molar-refractivity contribution in [2.75, 3.05) is 0 Å². The van der Waals surface area contributed by atoms with E-state index in [2.05, 4.69) is 188 Å². The summed E-state index contributed by atoms with van der Waals surface area (Å²) >= 11 is 0. The fourth-order valence-electron chi connectivity index (χ4n) is 7.95. The lowest BCUT2D eigenvalue weighted by atomic mass is 9.94. The summed E-state index contributed by atoms with van der Waals surface area (Å²) in [7, 11) is 0. The van der Waals surface area contributed by atoms with Crippen LogP contribution in [0.2, 0.25) is 0 Å². The normalized spacial score (nSPS) is 11.6. The fraction of sp³-hybridized carbons (Fsp3) is 0. The SMILES string of the molecule is c1ccc(-c2ccc(-c3cc4c5ccc(-c6nc(-c7ccc8ccccc8c7)nc(-c7cccc8ccccc78)n6)cc5oc4c4ccccc34)cc2)cc1. The van der Waals surface area contributed by atoms with Gasteiger partial charge in [0, 0.05) is 32.8 Å². The number of hydrogen-bond donors (Lipinski definition) is 0. The number of fused-ring (bicyclic) bond motifs is 7. The lowest BCUT2D eigenvalue weighted by Gasteiger charge is -2.11. The summed E-state index contributed by atoms with van der Waals surface area (Å²) in [5.74, 6) is 1.84. The molecule has 11 aromatic rings. The number of furan rings is 1. The van der Waals surface area contributed by atoms with Crippen molar-refractivity contribution in [2.45, 2.75) is 0 Å². The van der Waals surface area contributed by atoms with Crippen LogP contribution in [0.25, 0.3) is 111 Å². The Morgan fingerprint density at radius 2 is 0.873 bits per heavy atom. The Morgan fingerprint density at radius 3 is 1.69 bits per heavy atom. The molecule has 0 fully saturated rings. The Balaban J connectivity index is 1.08. The van der Waals surface area contributed by atoms with Gasteiger partial charge >= 0.3 is 0 Å². The van der Waals surface area contributed by atoms with Gasteiger partial charge in [-0.15, -0.1) is 0 Å². The minimum Gasteiger partial charge on any atom is -0.455 e. The lowest BCUT2D eigenvalue weighted by Crippen LogP contribution is -2.00. The Labute approximate surface area is 317 Å². The summed E-state index contributed by atoms with van der Waals surface area (Å²) in [6, 6.07) is 65.8.